The standard InChI is InChI=1S/C18H25N3O2S2/c1-5-8-12(4)19-15(22)11-24-18-20-16-14(10-13(7-3)25-16)17(23)21(18)9-6-2/h6,10,12H,2,5,7-9,11H2,1,3-4H3,(H,19,22)/t12-/m1/s1. The quantitative estimate of drug-likeness (QED) is 0.411. The molecule has 0 spiro atoms. The maximum absolute atomic E-state index is 12.7. The fourth-order valence-electron chi connectivity index (χ4n) is 2.57. The monoisotopic (exact) mass is 379 g/mol. The van der Waals surface area contributed by atoms with Crippen molar-refractivity contribution in [1.82, 2.24) is 14.9 Å². The number of thioether (sulfide) groups is 1. The van der Waals surface area contributed by atoms with Crippen molar-refractivity contribution in [2.75, 3.05) is 5.75 Å². The van der Waals surface area contributed by atoms with Gasteiger partial charge in [-0.15, -0.1) is 17.9 Å². The normalized spacial score (nSPS) is 12.3. The molecule has 2 heterocycles. The summed E-state index contributed by atoms with van der Waals surface area (Å²) < 4.78 is 1.59. The molecule has 1 atom stereocenters. The molecular weight excluding hydrogens is 354 g/mol. The molecule has 0 aliphatic rings. The van der Waals surface area contributed by atoms with E-state index in [0.717, 1.165) is 29.0 Å². The van der Waals surface area contributed by atoms with E-state index in [9.17, 15) is 9.59 Å². The van der Waals surface area contributed by atoms with Crippen molar-refractivity contribution < 1.29 is 4.79 Å². The minimum Gasteiger partial charge on any atom is -0.353 e. The van der Waals surface area contributed by atoms with E-state index >= 15 is 0 Å². The molecule has 2 rings (SSSR count). The van der Waals surface area contributed by atoms with E-state index in [4.69, 9.17) is 0 Å². The van der Waals surface area contributed by atoms with Crippen LogP contribution in [0.5, 0.6) is 0 Å². The average molecular weight is 380 g/mol. The largest absolute Gasteiger partial charge is 0.353 e. The summed E-state index contributed by atoms with van der Waals surface area (Å²) in [4.78, 5) is 31.4. The molecule has 0 saturated carbocycles. The number of carbonyl (C=O) groups excluding carboxylic acids is 1. The fraction of sp³-hybridized carbons (Fsp3) is 0.500. The van der Waals surface area contributed by atoms with E-state index in [1.165, 1.54) is 23.1 Å². The highest BCUT2D eigenvalue weighted by Crippen LogP contribution is 2.25. The summed E-state index contributed by atoms with van der Waals surface area (Å²) in [7, 11) is 0. The van der Waals surface area contributed by atoms with Crippen molar-refractivity contribution in [2.45, 2.75) is 57.8 Å². The van der Waals surface area contributed by atoms with Crippen LogP contribution in [-0.4, -0.2) is 27.3 Å². The van der Waals surface area contributed by atoms with Crippen LogP contribution in [0.2, 0.25) is 0 Å². The highest BCUT2D eigenvalue weighted by Gasteiger charge is 2.15. The number of amides is 1. The molecule has 2 aromatic rings. The molecule has 0 aromatic carbocycles. The summed E-state index contributed by atoms with van der Waals surface area (Å²) >= 11 is 2.84. The van der Waals surface area contributed by atoms with Crippen molar-refractivity contribution in [3.63, 3.8) is 0 Å². The van der Waals surface area contributed by atoms with Crippen molar-refractivity contribution in [1.29, 1.82) is 0 Å². The van der Waals surface area contributed by atoms with Gasteiger partial charge in [0.15, 0.2) is 5.16 Å². The Morgan fingerprint density at radius 3 is 2.92 bits per heavy atom. The lowest BCUT2D eigenvalue weighted by molar-refractivity contribution is -0.119. The van der Waals surface area contributed by atoms with E-state index < -0.39 is 0 Å². The Kier molecular flexibility index (Phi) is 7.25. The van der Waals surface area contributed by atoms with Gasteiger partial charge in [0.25, 0.3) is 5.56 Å². The number of carbonyl (C=O) groups is 1. The zero-order valence-electron chi connectivity index (χ0n) is 15.0. The number of nitrogens with one attached hydrogen (secondary N) is 1. The summed E-state index contributed by atoms with van der Waals surface area (Å²) in [6.07, 6.45) is 4.54. The minimum atomic E-state index is -0.0666. The molecule has 0 unspecified atom stereocenters. The van der Waals surface area contributed by atoms with Gasteiger partial charge in [0.05, 0.1) is 11.1 Å². The average Bonchev–Trinajstić information content (AvgIpc) is 2.99. The summed E-state index contributed by atoms with van der Waals surface area (Å²) in [6, 6.07) is 2.08. The first kappa shape index (κ1) is 19.7. The third-order valence-corrected chi connectivity index (χ3v) is 5.94. The molecule has 5 nitrogen and oxygen atoms in total. The molecule has 25 heavy (non-hydrogen) atoms. The molecule has 0 saturated heterocycles. The number of hydrogen-bond donors (Lipinski definition) is 1. The molecular formula is C18H25N3O2S2. The molecule has 0 aliphatic heterocycles. The summed E-state index contributed by atoms with van der Waals surface area (Å²) in [5, 5.41) is 4.19. The Bertz CT molecular complexity index is 810. The van der Waals surface area contributed by atoms with Crippen molar-refractivity contribution in [3.05, 3.63) is 34.0 Å². The smallest absolute Gasteiger partial charge is 0.263 e. The van der Waals surface area contributed by atoms with Crippen LogP contribution >= 0.6 is 23.1 Å². The van der Waals surface area contributed by atoms with Gasteiger partial charge in [-0.2, -0.15) is 0 Å². The predicted molar refractivity (Wildman–Crippen MR) is 107 cm³/mol. The van der Waals surface area contributed by atoms with E-state index in [1.54, 1.807) is 10.6 Å². The van der Waals surface area contributed by atoms with Crippen LogP contribution in [0.15, 0.2) is 28.7 Å². The van der Waals surface area contributed by atoms with Crippen LogP contribution in [0.25, 0.3) is 10.2 Å². The Labute approximate surface area is 156 Å². The number of allylic oxidation sites excluding steroid dienone is 1. The third kappa shape index (κ3) is 4.95. The van der Waals surface area contributed by atoms with Gasteiger partial charge in [0.2, 0.25) is 5.91 Å². The van der Waals surface area contributed by atoms with Crippen molar-refractivity contribution >= 4 is 39.2 Å². The lowest BCUT2D eigenvalue weighted by Crippen LogP contribution is -2.34. The Hall–Kier alpha value is -1.60. The summed E-state index contributed by atoms with van der Waals surface area (Å²) in [5.74, 6) is 0.209. The van der Waals surface area contributed by atoms with Gasteiger partial charge in [-0.25, -0.2) is 4.98 Å². The topological polar surface area (TPSA) is 64.0 Å². The number of aromatic nitrogens is 2. The molecule has 0 fully saturated rings. The van der Waals surface area contributed by atoms with Gasteiger partial charge < -0.3 is 5.32 Å². The van der Waals surface area contributed by atoms with Crippen LogP contribution < -0.4 is 10.9 Å². The molecule has 0 bridgehead atoms. The molecule has 7 heteroatoms. The minimum absolute atomic E-state index is 0.0362. The van der Waals surface area contributed by atoms with Gasteiger partial charge in [0, 0.05) is 17.5 Å². The van der Waals surface area contributed by atoms with E-state index in [2.05, 4.69) is 30.7 Å². The first-order chi connectivity index (χ1) is 12.0. The predicted octanol–water partition coefficient (Wildman–Crippen LogP) is 3.60. The van der Waals surface area contributed by atoms with Crippen LogP contribution in [0.4, 0.5) is 0 Å². The first-order valence-electron chi connectivity index (χ1n) is 8.56. The van der Waals surface area contributed by atoms with E-state index in [-0.39, 0.29) is 23.3 Å². The second-order valence-electron chi connectivity index (χ2n) is 5.93. The number of thiophene rings is 1. The lowest BCUT2D eigenvalue weighted by atomic mass is 10.2. The molecule has 0 radical (unpaired) electrons. The maximum atomic E-state index is 12.7. The molecule has 136 valence electrons. The molecule has 1 amide bonds. The zero-order valence-corrected chi connectivity index (χ0v) is 16.6. The number of rotatable bonds is 9. The van der Waals surface area contributed by atoms with Crippen LogP contribution in [0, 0.1) is 0 Å². The van der Waals surface area contributed by atoms with Gasteiger partial charge in [0.1, 0.15) is 4.83 Å². The molecule has 1 N–H and O–H groups in total. The van der Waals surface area contributed by atoms with Crippen molar-refractivity contribution in [2.24, 2.45) is 0 Å². The second-order valence-corrected chi connectivity index (χ2v) is 7.99. The molecule has 2 aromatic heterocycles. The van der Waals surface area contributed by atoms with Crippen LogP contribution in [0.1, 0.15) is 38.5 Å². The van der Waals surface area contributed by atoms with Crippen LogP contribution in [-0.2, 0) is 17.8 Å². The van der Waals surface area contributed by atoms with E-state index in [1.807, 2.05) is 13.0 Å². The Morgan fingerprint density at radius 2 is 2.28 bits per heavy atom. The third-order valence-electron chi connectivity index (χ3n) is 3.79. The molecule has 0 aliphatic carbocycles. The Balaban J connectivity index is 2.23. The maximum Gasteiger partial charge on any atom is 0.263 e. The highest BCUT2D eigenvalue weighted by atomic mass is 32.2. The summed E-state index contributed by atoms with van der Waals surface area (Å²) in [6.45, 7) is 10.3. The van der Waals surface area contributed by atoms with Crippen molar-refractivity contribution in [3.8, 4) is 0 Å². The van der Waals surface area contributed by atoms with Gasteiger partial charge in [-0.3, -0.25) is 14.2 Å². The Morgan fingerprint density at radius 1 is 1.52 bits per heavy atom. The lowest BCUT2D eigenvalue weighted by Gasteiger charge is -2.13. The fourth-order valence-corrected chi connectivity index (χ4v) is 4.40. The number of aryl methyl sites for hydroxylation is 1. The second kappa shape index (κ2) is 9.20. The zero-order chi connectivity index (χ0) is 18.4. The van der Waals surface area contributed by atoms with Gasteiger partial charge in [-0.05, 0) is 25.8 Å². The van der Waals surface area contributed by atoms with E-state index in [0.29, 0.717) is 17.1 Å². The number of fused-ring (bicyclic) bond motifs is 1. The summed E-state index contributed by atoms with van der Waals surface area (Å²) in [5.41, 5.74) is -0.0666. The van der Waals surface area contributed by atoms with Crippen LogP contribution in [0.3, 0.4) is 0 Å². The first-order valence-corrected chi connectivity index (χ1v) is 10.4. The van der Waals surface area contributed by atoms with Gasteiger partial charge in [-0.1, -0.05) is 38.1 Å². The van der Waals surface area contributed by atoms with Gasteiger partial charge >= 0.3 is 0 Å². The number of nitrogens with zero attached hydrogens (tertiary/aromatic N) is 2. The SMILES string of the molecule is C=CCn1c(SCC(=O)N[C@H](C)CCC)nc2sc(CC)cc2c1=O. The highest BCUT2D eigenvalue weighted by molar-refractivity contribution is 7.99. The number of hydrogen-bond acceptors (Lipinski definition) is 5.